The summed E-state index contributed by atoms with van der Waals surface area (Å²) < 4.78 is 4.83. The summed E-state index contributed by atoms with van der Waals surface area (Å²) >= 11 is 0. The second-order valence-corrected chi connectivity index (χ2v) is 3.84. The molecule has 0 radical (unpaired) electrons. The van der Waals surface area contributed by atoms with Crippen molar-refractivity contribution in [3.63, 3.8) is 0 Å². The van der Waals surface area contributed by atoms with Gasteiger partial charge in [-0.15, -0.1) is 5.10 Å². The Morgan fingerprint density at radius 3 is 2.90 bits per heavy atom. The van der Waals surface area contributed by atoms with E-state index >= 15 is 0 Å². The van der Waals surface area contributed by atoms with Gasteiger partial charge < -0.3 is 4.74 Å². The summed E-state index contributed by atoms with van der Waals surface area (Å²) in [7, 11) is 0. The zero-order valence-corrected chi connectivity index (χ0v) is 10.9. The maximum atomic E-state index is 11.7. The zero-order chi connectivity index (χ0) is 15.4. The molecule has 0 saturated carbocycles. The molecule has 1 heterocycles. The van der Waals surface area contributed by atoms with Crippen LogP contribution in [0, 0.1) is 21.4 Å². The Balaban J connectivity index is 2.49. The van der Waals surface area contributed by atoms with Gasteiger partial charge in [-0.2, -0.15) is 15.6 Å². The number of esters is 1. The van der Waals surface area contributed by atoms with Gasteiger partial charge in [0.1, 0.15) is 17.3 Å². The molecule has 9 heteroatoms. The van der Waals surface area contributed by atoms with Crippen LogP contribution in [0.2, 0.25) is 0 Å². The second-order valence-electron chi connectivity index (χ2n) is 3.84. The first-order valence-corrected chi connectivity index (χ1v) is 5.85. The standard InChI is InChI=1S/C12H9N5O4/c1-2-21-12(18)11-10(14-16-15-11)7-3-4-9(17(19)20)8(5-7)6-13/h3-5H,2H2,1H3,(H,14,15,16). The fourth-order valence-electron chi connectivity index (χ4n) is 1.71. The van der Waals surface area contributed by atoms with E-state index in [1.807, 2.05) is 0 Å². The maximum Gasteiger partial charge on any atom is 0.361 e. The molecular weight excluding hydrogens is 278 g/mol. The number of aromatic amines is 1. The van der Waals surface area contributed by atoms with Crippen LogP contribution in [-0.2, 0) is 4.74 Å². The molecule has 0 amide bonds. The number of nitro groups is 1. The van der Waals surface area contributed by atoms with Gasteiger partial charge in [0.2, 0.25) is 0 Å². The highest BCUT2D eigenvalue weighted by atomic mass is 16.6. The van der Waals surface area contributed by atoms with Crippen LogP contribution in [0.1, 0.15) is 23.0 Å². The van der Waals surface area contributed by atoms with Crippen molar-refractivity contribution in [2.24, 2.45) is 0 Å². The van der Waals surface area contributed by atoms with Crippen LogP contribution < -0.4 is 0 Å². The Morgan fingerprint density at radius 1 is 1.52 bits per heavy atom. The number of nitro benzene ring substituents is 1. The molecule has 106 valence electrons. The molecule has 1 N–H and O–H groups in total. The number of aromatic nitrogens is 3. The number of rotatable bonds is 4. The topological polar surface area (TPSA) is 135 Å². The number of benzene rings is 1. The van der Waals surface area contributed by atoms with Crippen molar-refractivity contribution in [3.8, 4) is 17.3 Å². The smallest absolute Gasteiger partial charge is 0.361 e. The molecule has 0 unspecified atom stereocenters. The normalized spacial score (nSPS) is 9.90. The maximum absolute atomic E-state index is 11.7. The number of ether oxygens (including phenoxy) is 1. The lowest BCUT2D eigenvalue weighted by Crippen LogP contribution is -2.06. The molecule has 0 bridgehead atoms. The molecule has 21 heavy (non-hydrogen) atoms. The third kappa shape index (κ3) is 2.69. The lowest BCUT2D eigenvalue weighted by Gasteiger charge is -2.02. The average Bonchev–Trinajstić information content (AvgIpc) is 2.96. The minimum atomic E-state index is -0.668. The van der Waals surface area contributed by atoms with Gasteiger partial charge in [0, 0.05) is 11.6 Å². The predicted octanol–water partition coefficient (Wildman–Crippen LogP) is 1.43. The first kappa shape index (κ1) is 14.1. The molecular formula is C12H9N5O4. The Morgan fingerprint density at radius 2 is 2.29 bits per heavy atom. The molecule has 2 aromatic rings. The molecule has 0 aliphatic heterocycles. The summed E-state index contributed by atoms with van der Waals surface area (Å²) in [6.45, 7) is 1.83. The predicted molar refractivity (Wildman–Crippen MR) is 69.1 cm³/mol. The van der Waals surface area contributed by atoms with E-state index in [-0.39, 0.29) is 29.2 Å². The van der Waals surface area contributed by atoms with Gasteiger partial charge in [0.05, 0.1) is 11.5 Å². The Labute approximate surface area is 118 Å². The van der Waals surface area contributed by atoms with Gasteiger partial charge in [-0.05, 0) is 19.1 Å². The molecule has 1 aromatic carbocycles. The van der Waals surface area contributed by atoms with Crippen molar-refractivity contribution in [1.29, 1.82) is 5.26 Å². The summed E-state index contributed by atoms with van der Waals surface area (Å²) in [5.74, 6) is -0.668. The monoisotopic (exact) mass is 287 g/mol. The van der Waals surface area contributed by atoms with E-state index in [4.69, 9.17) is 10.00 Å². The van der Waals surface area contributed by atoms with Crippen molar-refractivity contribution >= 4 is 11.7 Å². The molecule has 0 aliphatic carbocycles. The van der Waals surface area contributed by atoms with Crippen LogP contribution in [0.3, 0.4) is 0 Å². The number of hydrogen-bond donors (Lipinski definition) is 1. The third-order valence-corrected chi connectivity index (χ3v) is 2.60. The van der Waals surface area contributed by atoms with Crippen molar-refractivity contribution in [2.75, 3.05) is 6.61 Å². The molecule has 1 aromatic heterocycles. The van der Waals surface area contributed by atoms with Crippen molar-refractivity contribution < 1.29 is 14.5 Å². The largest absolute Gasteiger partial charge is 0.461 e. The second kappa shape index (κ2) is 5.79. The summed E-state index contributed by atoms with van der Waals surface area (Å²) in [5, 5.41) is 29.6. The van der Waals surface area contributed by atoms with Crippen LogP contribution in [-0.4, -0.2) is 32.9 Å². The third-order valence-electron chi connectivity index (χ3n) is 2.60. The highest BCUT2D eigenvalue weighted by Gasteiger charge is 2.21. The van der Waals surface area contributed by atoms with E-state index in [9.17, 15) is 14.9 Å². The van der Waals surface area contributed by atoms with Crippen LogP contribution in [0.25, 0.3) is 11.3 Å². The van der Waals surface area contributed by atoms with Crippen molar-refractivity contribution in [2.45, 2.75) is 6.92 Å². The Hall–Kier alpha value is -3.28. The van der Waals surface area contributed by atoms with Gasteiger partial charge in [-0.1, -0.05) is 0 Å². The molecule has 0 saturated heterocycles. The first-order chi connectivity index (χ1) is 10.1. The van der Waals surface area contributed by atoms with E-state index in [0.29, 0.717) is 5.56 Å². The number of hydrogen-bond acceptors (Lipinski definition) is 7. The summed E-state index contributed by atoms with van der Waals surface area (Å²) in [6.07, 6.45) is 0. The van der Waals surface area contributed by atoms with Crippen LogP contribution in [0.4, 0.5) is 5.69 Å². The van der Waals surface area contributed by atoms with Crippen LogP contribution >= 0.6 is 0 Å². The van der Waals surface area contributed by atoms with Crippen LogP contribution in [0.5, 0.6) is 0 Å². The molecule has 9 nitrogen and oxygen atoms in total. The fourth-order valence-corrected chi connectivity index (χ4v) is 1.71. The molecule has 0 fully saturated rings. The van der Waals surface area contributed by atoms with E-state index in [1.165, 1.54) is 18.2 Å². The fraction of sp³-hybridized carbons (Fsp3) is 0.167. The lowest BCUT2D eigenvalue weighted by atomic mass is 10.1. The first-order valence-electron chi connectivity index (χ1n) is 5.85. The summed E-state index contributed by atoms with van der Waals surface area (Å²) in [6, 6.07) is 5.58. The average molecular weight is 287 g/mol. The van der Waals surface area contributed by atoms with Gasteiger partial charge >= 0.3 is 5.97 Å². The number of nitrogens with one attached hydrogen (secondary N) is 1. The SMILES string of the molecule is CCOC(=O)c1n[nH]nc1-c1ccc([N+](=O)[O-])c(C#N)c1. The van der Waals surface area contributed by atoms with E-state index in [0.717, 1.165) is 0 Å². The van der Waals surface area contributed by atoms with Crippen molar-refractivity contribution in [3.05, 3.63) is 39.6 Å². The van der Waals surface area contributed by atoms with Gasteiger partial charge in [-0.25, -0.2) is 4.79 Å². The lowest BCUT2D eigenvalue weighted by molar-refractivity contribution is -0.385. The molecule has 0 spiro atoms. The van der Waals surface area contributed by atoms with Gasteiger partial charge in [0.25, 0.3) is 5.69 Å². The number of nitrogens with zero attached hydrogens (tertiary/aromatic N) is 4. The van der Waals surface area contributed by atoms with E-state index in [1.54, 1.807) is 13.0 Å². The highest BCUT2D eigenvalue weighted by molar-refractivity contribution is 5.94. The number of carbonyl (C=O) groups excluding carboxylic acids is 1. The quantitative estimate of drug-likeness (QED) is 0.510. The number of H-pyrrole nitrogens is 1. The van der Waals surface area contributed by atoms with E-state index < -0.39 is 10.9 Å². The van der Waals surface area contributed by atoms with Crippen molar-refractivity contribution in [1.82, 2.24) is 15.4 Å². The summed E-state index contributed by atoms with van der Waals surface area (Å²) in [5.41, 5.74) is 0.0288. The zero-order valence-electron chi connectivity index (χ0n) is 10.9. The molecule has 0 atom stereocenters. The molecule has 0 aliphatic rings. The minimum Gasteiger partial charge on any atom is -0.461 e. The minimum absolute atomic E-state index is 0.0467. The highest BCUT2D eigenvalue weighted by Crippen LogP contribution is 2.26. The van der Waals surface area contributed by atoms with Crippen LogP contribution in [0.15, 0.2) is 18.2 Å². The van der Waals surface area contributed by atoms with E-state index in [2.05, 4.69) is 15.4 Å². The Kier molecular flexibility index (Phi) is 3.90. The Bertz CT molecular complexity index is 746. The number of nitriles is 1. The summed E-state index contributed by atoms with van der Waals surface area (Å²) in [4.78, 5) is 21.8. The number of carbonyl (C=O) groups is 1. The van der Waals surface area contributed by atoms with Gasteiger partial charge in [0.15, 0.2) is 5.69 Å². The molecule has 2 rings (SSSR count). The van der Waals surface area contributed by atoms with Gasteiger partial charge in [-0.3, -0.25) is 10.1 Å².